The molecule has 0 aliphatic carbocycles. The van der Waals surface area contributed by atoms with Crippen molar-refractivity contribution < 1.29 is 9.18 Å². The van der Waals surface area contributed by atoms with Crippen molar-refractivity contribution in [2.24, 2.45) is 0 Å². The molecule has 4 aromatic rings. The summed E-state index contributed by atoms with van der Waals surface area (Å²) in [4.78, 5) is 12.4. The number of para-hydroxylation sites is 1. The first-order valence-corrected chi connectivity index (χ1v) is 10.4. The number of hydrogen-bond donors (Lipinski definition) is 1. The van der Waals surface area contributed by atoms with E-state index in [9.17, 15) is 9.18 Å². The summed E-state index contributed by atoms with van der Waals surface area (Å²) in [7, 11) is 0. The Labute approximate surface area is 181 Å². The van der Waals surface area contributed by atoms with Crippen molar-refractivity contribution in [3.8, 4) is 17.1 Å². The lowest BCUT2D eigenvalue weighted by Gasteiger charge is -2.11. The highest BCUT2D eigenvalue weighted by atomic mass is 35.5. The summed E-state index contributed by atoms with van der Waals surface area (Å²) in [5.74, 6) is 0.0356. The van der Waals surface area contributed by atoms with Gasteiger partial charge in [-0.3, -0.25) is 9.36 Å². The van der Waals surface area contributed by atoms with E-state index in [4.69, 9.17) is 11.6 Å². The van der Waals surface area contributed by atoms with E-state index in [0.717, 1.165) is 17.3 Å². The van der Waals surface area contributed by atoms with E-state index in [0.29, 0.717) is 16.7 Å². The van der Waals surface area contributed by atoms with Gasteiger partial charge in [-0.05, 0) is 30.3 Å². The van der Waals surface area contributed by atoms with Gasteiger partial charge in [0.2, 0.25) is 5.91 Å². The summed E-state index contributed by atoms with van der Waals surface area (Å²) in [5.41, 5.74) is 2.17. The lowest BCUT2D eigenvalue weighted by atomic mass is 10.2. The minimum atomic E-state index is -0.461. The number of benzene rings is 3. The largest absolute Gasteiger partial charge is 0.324 e. The van der Waals surface area contributed by atoms with Crippen LogP contribution in [-0.2, 0) is 4.79 Å². The Kier molecular flexibility index (Phi) is 6.11. The van der Waals surface area contributed by atoms with Crippen molar-refractivity contribution >= 4 is 35.0 Å². The molecule has 1 heterocycles. The van der Waals surface area contributed by atoms with Crippen LogP contribution in [0, 0.1) is 5.82 Å². The standard InChI is InChI=1S/C22H16ClFN4OS/c23-18-13-16(24)11-12-19(18)25-20(29)14-30-22-27-26-21(15-7-3-1-4-8-15)28(22)17-9-5-2-6-10-17/h1-13H,14H2,(H,25,29). The molecule has 1 N–H and O–H groups in total. The quantitative estimate of drug-likeness (QED) is 0.406. The van der Waals surface area contributed by atoms with Gasteiger partial charge in [0.15, 0.2) is 11.0 Å². The highest BCUT2D eigenvalue weighted by Crippen LogP contribution is 2.28. The molecular weight excluding hydrogens is 423 g/mol. The van der Waals surface area contributed by atoms with E-state index in [1.54, 1.807) is 0 Å². The first-order valence-electron chi connectivity index (χ1n) is 9.06. The van der Waals surface area contributed by atoms with Gasteiger partial charge in [0.25, 0.3) is 0 Å². The first-order chi connectivity index (χ1) is 14.6. The number of thioether (sulfide) groups is 1. The lowest BCUT2D eigenvalue weighted by Crippen LogP contribution is -2.15. The van der Waals surface area contributed by atoms with Crippen molar-refractivity contribution in [1.82, 2.24) is 14.8 Å². The number of anilines is 1. The molecule has 5 nitrogen and oxygen atoms in total. The summed E-state index contributed by atoms with van der Waals surface area (Å²) in [5, 5.41) is 12.1. The van der Waals surface area contributed by atoms with E-state index in [2.05, 4.69) is 15.5 Å². The summed E-state index contributed by atoms with van der Waals surface area (Å²) >= 11 is 7.23. The minimum Gasteiger partial charge on any atom is -0.324 e. The molecule has 0 saturated heterocycles. The number of nitrogens with one attached hydrogen (secondary N) is 1. The third kappa shape index (κ3) is 4.53. The topological polar surface area (TPSA) is 59.8 Å². The number of nitrogens with zero attached hydrogens (tertiary/aromatic N) is 3. The van der Waals surface area contributed by atoms with Crippen molar-refractivity contribution in [3.05, 3.63) is 89.7 Å². The summed E-state index contributed by atoms with van der Waals surface area (Å²) in [6, 6.07) is 23.3. The molecule has 0 unspecified atom stereocenters. The molecule has 0 aliphatic rings. The Balaban J connectivity index is 1.57. The second-order valence-corrected chi connectivity index (χ2v) is 7.65. The summed E-state index contributed by atoms with van der Waals surface area (Å²) in [6.45, 7) is 0. The summed E-state index contributed by atoms with van der Waals surface area (Å²) in [6.07, 6.45) is 0. The smallest absolute Gasteiger partial charge is 0.234 e. The van der Waals surface area contributed by atoms with Crippen molar-refractivity contribution in [2.75, 3.05) is 11.1 Å². The van der Waals surface area contributed by atoms with Gasteiger partial charge in [0.1, 0.15) is 5.82 Å². The highest BCUT2D eigenvalue weighted by Gasteiger charge is 2.17. The van der Waals surface area contributed by atoms with Crippen LogP contribution in [0.3, 0.4) is 0 Å². The average molecular weight is 439 g/mol. The van der Waals surface area contributed by atoms with E-state index in [-0.39, 0.29) is 16.7 Å². The monoisotopic (exact) mass is 438 g/mol. The van der Waals surface area contributed by atoms with Crippen LogP contribution in [0.4, 0.5) is 10.1 Å². The Bertz CT molecular complexity index is 1170. The average Bonchev–Trinajstić information content (AvgIpc) is 3.19. The van der Waals surface area contributed by atoms with Gasteiger partial charge >= 0.3 is 0 Å². The molecule has 0 saturated carbocycles. The predicted octanol–water partition coefficient (Wildman–Crippen LogP) is 5.46. The number of carbonyl (C=O) groups is 1. The molecule has 30 heavy (non-hydrogen) atoms. The van der Waals surface area contributed by atoms with Gasteiger partial charge in [0.05, 0.1) is 16.5 Å². The Morgan fingerprint density at radius 2 is 1.70 bits per heavy atom. The number of amides is 1. The third-order valence-electron chi connectivity index (χ3n) is 4.22. The van der Waals surface area contributed by atoms with Crippen LogP contribution in [-0.4, -0.2) is 26.4 Å². The Morgan fingerprint density at radius 1 is 1.00 bits per heavy atom. The molecule has 0 atom stereocenters. The van der Waals surface area contributed by atoms with Crippen molar-refractivity contribution in [2.45, 2.75) is 5.16 Å². The zero-order valence-corrected chi connectivity index (χ0v) is 17.2. The maximum absolute atomic E-state index is 13.2. The zero-order chi connectivity index (χ0) is 20.9. The zero-order valence-electron chi connectivity index (χ0n) is 15.6. The molecule has 0 aliphatic heterocycles. The fourth-order valence-corrected chi connectivity index (χ4v) is 3.82. The van der Waals surface area contributed by atoms with Crippen LogP contribution >= 0.6 is 23.4 Å². The lowest BCUT2D eigenvalue weighted by molar-refractivity contribution is -0.113. The number of aromatic nitrogens is 3. The molecule has 0 spiro atoms. The van der Waals surface area contributed by atoms with E-state index in [1.807, 2.05) is 65.2 Å². The maximum atomic E-state index is 13.2. The fraction of sp³-hybridized carbons (Fsp3) is 0.0455. The Hall–Kier alpha value is -3.16. The van der Waals surface area contributed by atoms with Gasteiger partial charge in [-0.25, -0.2) is 4.39 Å². The molecule has 8 heteroatoms. The highest BCUT2D eigenvalue weighted by molar-refractivity contribution is 7.99. The Morgan fingerprint density at radius 3 is 2.40 bits per heavy atom. The molecule has 0 fully saturated rings. The maximum Gasteiger partial charge on any atom is 0.234 e. The molecule has 150 valence electrons. The SMILES string of the molecule is O=C(CSc1nnc(-c2ccccc2)n1-c1ccccc1)Nc1ccc(F)cc1Cl. The van der Waals surface area contributed by atoms with E-state index >= 15 is 0 Å². The predicted molar refractivity (Wildman–Crippen MR) is 118 cm³/mol. The van der Waals surface area contributed by atoms with Crippen LogP contribution in [0.15, 0.2) is 84.0 Å². The van der Waals surface area contributed by atoms with Crippen LogP contribution in [0.2, 0.25) is 5.02 Å². The number of carbonyl (C=O) groups excluding carboxylic acids is 1. The van der Waals surface area contributed by atoms with Crippen LogP contribution in [0.1, 0.15) is 0 Å². The number of hydrogen-bond acceptors (Lipinski definition) is 4. The number of halogens is 2. The van der Waals surface area contributed by atoms with Crippen LogP contribution in [0.25, 0.3) is 17.1 Å². The van der Waals surface area contributed by atoms with Crippen LogP contribution in [0.5, 0.6) is 0 Å². The van der Waals surface area contributed by atoms with E-state index < -0.39 is 5.82 Å². The second kappa shape index (κ2) is 9.11. The van der Waals surface area contributed by atoms with Gasteiger partial charge in [-0.2, -0.15) is 0 Å². The minimum absolute atomic E-state index is 0.0907. The first kappa shape index (κ1) is 20.1. The molecule has 1 aromatic heterocycles. The van der Waals surface area contributed by atoms with E-state index in [1.165, 1.54) is 23.9 Å². The molecule has 4 rings (SSSR count). The fourth-order valence-electron chi connectivity index (χ4n) is 2.85. The molecule has 0 bridgehead atoms. The normalized spacial score (nSPS) is 10.7. The number of rotatable bonds is 6. The molecule has 3 aromatic carbocycles. The second-order valence-electron chi connectivity index (χ2n) is 6.30. The molecule has 0 radical (unpaired) electrons. The molecular formula is C22H16ClFN4OS. The summed E-state index contributed by atoms with van der Waals surface area (Å²) < 4.78 is 15.1. The van der Waals surface area contributed by atoms with Gasteiger partial charge in [0, 0.05) is 11.3 Å². The van der Waals surface area contributed by atoms with Crippen molar-refractivity contribution in [1.29, 1.82) is 0 Å². The van der Waals surface area contributed by atoms with Gasteiger partial charge in [-0.15, -0.1) is 10.2 Å². The third-order valence-corrected chi connectivity index (χ3v) is 5.46. The van der Waals surface area contributed by atoms with Gasteiger partial charge < -0.3 is 5.32 Å². The molecule has 1 amide bonds. The van der Waals surface area contributed by atoms with Crippen molar-refractivity contribution in [3.63, 3.8) is 0 Å². The van der Waals surface area contributed by atoms with Gasteiger partial charge in [-0.1, -0.05) is 71.9 Å². The van der Waals surface area contributed by atoms with Crippen LogP contribution < -0.4 is 5.32 Å².